The fourth-order valence-corrected chi connectivity index (χ4v) is 2.24. The van der Waals surface area contributed by atoms with Crippen molar-refractivity contribution in [2.75, 3.05) is 5.32 Å². The van der Waals surface area contributed by atoms with Gasteiger partial charge in [-0.2, -0.15) is 10.4 Å². The van der Waals surface area contributed by atoms with E-state index in [4.69, 9.17) is 0 Å². The number of halogens is 1. The van der Waals surface area contributed by atoms with Crippen molar-refractivity contribution in [1.29, 1.82) is 5.26 Å². The maximum atomic E-state index is 13.3. The van der Waals surface area contributed by atoms with E-state index >= 15 is 0 Å². The number of nitrogens with one attached hydrogen (secondary N) is 1. The van der Waals surface area contributed by atoms with Gasteiger partial charge in [0, 0.05) is 5.69 Å². The third-order valence-corrected chi connectivity index (χ3v) is 3.38. The second-order valence-electron chi connectivity index (χ2n) is 4.76. The number of aromatic nitrogens is 2. The Morgan fingerprint density at radius 2 is 2.00 bits per heavy atom. The molecule has 0 fully saturated rings. The lowest BCUT2D eigenvalue weighted by Gasteiger charge is -2.12. The van der Waals surface area contributed by atoms with Gasteiger partial charge >= 0.3 is 0 Å². The molecular formula is C16H17FN4. The van der Waals surface area contributed by atoms with Gasteiger partial charge in [-0.1, -0.05) is 13.8 Å². The summed E-state index contributed by atoms with van der Waals surface area (Å²) in [4.78, 5) is 0. The number of benzene rings is 1. The molecule has 0 saturated carbocycles. The standard InChI is InChI=1S/C16H17FN4/c1-4-12-13(9-18)16(21-20-15(12)5-2)19-11-6-7-14(17)10(3)8-11/h6-8H,4-5H2,1-3H3,(H,19,21). The zero-order valence-electron chi connectivity index (χ0n) is 12.4. The highest BCUT2D eigenvalue weighted by atomic mass is 19.1. The van der Waals surface area contributed by atoms with Gasteiger partial charge in [-0.15, -0.1) is 5.10 Å². The quantitative estimate of drug-likeness (QED) is 0.930. The molecule has 0 atom stereocenters. The highest BCUT2D eigenvalue weighted by molar-refractivity contribution is 5.65. The minimum atomic E-state index is -0.261. The number of hydrogen-bond acceptors (Lipinski definition) is 4. The van der Waals surface area contributed by atoms with Crippen LogP contribution in [0.4, 0.5) is 15.9 Å². The summed E-state index contributed by atoms with van der Waals surface area (Å²) >= 11 is 0. The maximum absolute atomic E-state index is 13.3. The molecular weight excluding hydrogens is 267 g/mol. The van der Waals surface area contributed by atoms with Crippen molar-refractivity contribution in [1.82, 2.24) is 10.2 Å². The number of nitriles is 1. The molecule has 1 aromatic heterocycles. The predicted molar refractivity (Wildman–Crippen MR) is 79.9 cm³/mol. The first-order valence-corrected chi connectivity index (χ1v) is 6.92. The third-order valence-electron chi connectivity index (χ3n) is 3.38. The minimum Gasteiger partial charge on any atom is -0.338 e. The van der Waals surface area contributed by atoms with Crippen LogP contribution in [0.25, 0.3) is 0 Å². The summed E-state index contributed by atoms with van der Waals surface area (Å²) in [5.74, 6) is 0.153. The van der Waals surface area contributed by atoms with Gasteiger partial charge in [0.25, 0.3) is 0 Å². The van der Waals surface area contributed by atoms with E-state index in [0.717, 1.165) is 24.1 Å². The van der Waals surface area contributed by atoms with Crippen molar-refractivity contribution in [3.05, 3.63) is 46.4 Å². The van der Waals surface area contributed by atoms with Gasteiger partial charge in [0.05, 0.1) is 5.69 Å². The van der Waals surface area contributed by atoms with Gasteiger partial charge in [0.15, 0.2) is 5.82 Å². The summed E-state index contributed by atoms with van der Waals surface area (Å²) in [5, 5.41) is 20.7. The summed E-state index contributed by atoms with van der Waals surface area (Å²) < 4.78 is 13.3. The van der Waals surface area contributed by atoms with E-state index < -0.39 is 0 Å². The van der Waals surface area contributed by atoms with Crippen LogP contribution in [0.5, 0.6) is 0 Å². The second kappa shape index (κ2) is 6.31. The number of aryl methyl sites for hydroxylation is 2. The van der Waals surface area contributed by atoms with Crippen molar-refractivity contribution in [3.8, 4) is 6.07 Å². The lowest BCUT2D eigenvalue weighted by Crippen LogP contribution is -2.07. The predicted octanol–water partition coefficient (Wildman–Crippen LogP) is 3.66. The molecule has 0 unspecified atom stereocenters. The van der Waals surface area contributed by atoms with Crippen LogP contribution < -0.4 is 5.32 Å². The molecule has 0 radical (unpaired) electrons. The Hall–Kier alpha value is -2.48. The molecule has 2 aromatic rings. The van der Waals surface area contributed by atoms with Crippen molar-refractivity contribution >= 4 is 11.5 Å². The number of anilines is 2. The van der Waals surface area contributed by atoms with Crippen LogP contribution in [-0.2, 0) is 12.8 Å². The molecule has 4 nitrogen and oxygen atoms in total. The maximum Gasteiger partial charge on any atom is 0.171 e. The minimum absolute atomic E-state index is 0.261. The molecule has 1 heterocycles. The Balaban J connectivity index is 2.44. The molecule has 1 aromatic carbocycles. The van der Waals surface area contributed by atoms with Crippen LogP contribution in [-0.4, -0.2) is 10.2 Å². The molecule has 0 saturated heterocycles. The Morgan fingerprint density at radius 3 is 2.57 bits per heavy atom. The van der Waals surface area contributed by atoms with Crippen molar-refractivity contribution < 1.29 is 4.39 Å². The van der Waals surface area contributed by atoms with E-state index in [1.807, 2.05) is 13.8 Å². The van der Waals surface area contributed by atoms with Crippen LogP contribution in [0.1, 0.15) is 36.2 Å². The summed E-state index contributed by atoms with van der Waals surface area (Å²) in [6, 6.07) is 6.88. The first kappa shape index (κ1) is 14.9. The molecule has 2 rings (SSSR count). The van der Waals surface area contributed by atoms with Crippen LogP contribution in [0.3, 0.4) is 0 Å². The molecule has 108 valence electrons. The molecule has 0 aliphatic carbocycles. The number of hydrogen-bond donors (Lipinski definition) is 1. The van der Waals surface area contributed by atoms with Crippen LogP contribution in [0, 0.1) is 24.1 Å². The third kappa shape index (κ3) is 3.00. The van der Waals surface area contributed by atoms with Crippen LogP contribution in [0.15, 0.2) is 18.2 Å². The number of rotatable bonds is 4. The summed E-state index contributed by atoms with van der Waals surface area (Å²) in [7, 11) is 0. The Morgan fingerprint density at radius 1 is 1.24 bits per heavy atom. The first-order valence-electron chi connectivity index (χ1n) is 6.92. The van der Waals surface area contributed by atoms with E-state index in [2.05, 4.69) is 21.6 Å². The van der Waals surface area contributed by atoms with Gasteiger partial charge in [-0.25, -0.2) is 4.39 Å². The van der Waals surface area contributed by atoms with Gasteiger partial charge in [-0.05, 0) is 49.1 Å². The number of nitrogens with zero attached hydrogens (tertiary/aromatic N) is 3. The Bertz CT molecular complexity index is 704. The molecule has 1 N–H and O–H groups in total. The van der Waals surface area contributed by atoms with E-state index in [1.54, 1.807) is 19.1 Å². The molecule has 0 spiro atoms. The fraction of sp³-hybridized carbons (Fsp3) is 0.312. The lowest BCUT2D eigenvalue weighted by atomic mass is 10.0. The Kier molecular flexibility index (Phi) is 4.49. The lowest BCUT2D eigenvalue weighted by molar-refractivity contribution is 0.619. The topological polar surface area (TPSA) is 61.6 Å². The molecule has 0 amide bonds. The molecule has 0 aliphatic heterocycles. The monoisotopic (exact) mass is 284 g/mol. The van der Waals surface area contributed by atoms with Crippen molar-refractivity contribution in [2.45, 2.75) is 33.6 Å². The van der Waals surface area contributed by atoms with Gasteiger partial charge < -0.3 is 5.32 Å². The highest BCUT2D eigenvalue weighted by Crippen LogP contribution is 2.24. The summed E-state index contributed by atoms with van der Waals surface area (Å²) in [6.07, 6.45) is 1.46. The van der Waals surface area contributed by atoms with E-state index in [1.165, 1.54) is 6.07 Å². The van der Waals surface area contributed by atoms with Gasteiger partial charge in [0.1, 0.15) is 17.4 Å². The normalized spacial score (nSPS) is 10.2. The van der Waals surface area contributed by atoms with E-state index in [-0.39, 0.29) is 5.82 Å². The average Bonchev–Trinajstić information content (AvgIpc) is 2.50. The van der Waals surface area contributed by atoms with Crippen molar-refractivity contribution in [2.24, 2.45) is 0 Å². The molecule has 21 heavy (non-hydrogen) atoms. The van der Waals surface area contributed by atoms with Crippen LogP contribution >= 0.6 is 0 Å². The smallest absolute Gasteiger partial charge is 0.171 e. The molecule has 5 heteroatoms. The second-order valence-corrected chi connectivity index (χ2v) is 4.76. The van der Waals surface area contributed by atoms with Crippen LogP contribution in [0.2, 0.25) is 0 Å². The Labute approximate surface area is 123 Å². The fourth-order valence-electron chi connectivity index (χ4n) is 2.24. The zero-order valence-corrected chi connectivity index (χ0v) is 12.4. The van der Waals surface area contributed by atoms with Gasteiger partial charge in [0.2, 0.25) is 0 Å². The molecule has 0 aliphatic rings. The van der Waals surface area contributed by atoms with E-state index in [0.29, 0.717) is 22.6 Å². The highest BCUT2D eigenvalue weighted by Gasteiger charge is 2.14. The summed E-state index contributed by atoms with van der Waals surface area (Å²) in [6.45, 7) is 5.67. The first-order chi connectivity index (χ1) is 10.1. The van der Waals surface area contributed by atoms with E-state index in [9.17, 15) is 9.65 Å². The summed E-state index contributed by atoms with van der Waals surface area (Å²) in [5.41, 5.74) is 3.48. The van der Waals surface area contributed by atoms with Crippen molar-refractivity contribution in [3.63, 3.8) is 0 Å². The van der Waals surface area contributed by atoms with Gasteiger partial charge in [-0.3, -0.25) is 0 Å². The zero-order chi connectivity index (χ0) is 15.4. The average molecular weight is 284 g/mol. The molecule has 0 bridgehead atoms. The SMILES string of the molecule is CCc1nnc(Nc2ccc(F)c(C)c2)c(C#N)c1CC. The largest absolute Gasteiger partial charge is 0.338 e.